The molecule has 2 aromatic rings. The normalized spacial score (nSPS) is 16.7. The van der Waals surface area contributed by atoms with Crippen LogP contribution in [0.15, 0.2) is 41.4 Å². The maximum Gasteiger partial charge on any atom is 0.333 e. The van der Waals surface area contributed by atoms with Crippen LogP contribution in [0.4, 0.5) is 10.5 Å². The van der Waals surface area contributed by atoms with Gasteiger partial charge < -0.3 is 5.32 Å². The molecule has 0 atom stereocenters. The Hall–Kier alpha value is -2.11. The molecule has 4 nitrogen and oxygen atoms in total. The molecular weight excluding hydrogens is 308 g/mol. The van der Waals surface area contributed by atoms with E-state index in [0.717, 1.165) is 15.3 Å². The van der Waals surface area contributed by atoms with Crippen LogP contribution in [0, 0.1) is 6.92 Å². The molecule has 6 heteroatoms. The van der Waals surface area contributed by atoms with Crippen molar-refractivity contribution in [2.24, 2.45) is 0 Å². The van der Waals surface area contributed by atoms with Gasteiger partial charge in [0.25, 0.3) is 5.91 Å². The summed E-state index contributed by atoms with van der Waals surface area (Å²) < 4.78 is 0. The summed E-state index contributed by atoms with van der Waals surface area (Å²) in [5.74, 6) is -0.380. The summed E-state index contributed by atoms with van der Waals surface area (Å²) in [5.41, 5.74) is 1.79. The molecule has 0 saturated carbocycles. The highest BCUT2D eigenvalue weighted by Gasteiger charge is 2.35. The number of nitrogens with zero attached hydrogens (tertiary/aromatic N) is 1. The number of nitrogens with one attached hydrogen (secondary N) is 1. The van der Waals surface area contributed by atoms with E-state index in [0.29, 0.717) is 10.7 Å². The minimum absolute atomic E-state index is 0.269. The minimum atomic E-state index is -0.470. The van der Waals surface area contributed by atoms with Crippen LogP contribution in [-0.4, -0.2) is 11.9 Å². The third-order valence-corrected chi connectivity index (χ3v) is 4.32. The summed E-state index contributed by atoms with van der Waals surface area (Å²) >= 11 is 7.43. The largest absolute Gasteiger partial charge is 0.333 e. The highest BCUT2D eigenvalue weighted by Crippen LogP contribution is 2.26. The van der Waals surface area contributed by atoms with Gasteiger partial charge in [0, 0.05) is 9.90 Å². The number of anilines is 1. The fraction of sp³-hybridized carbons (Fsp3) is 0.0667. The van der Waals surface area contributed by atoms with Gasteiger partial charge in [0.15, 0.2) is 0 Å². The first-order chi connectivity index (χ1) is 10.1. The second-order valence-electron chi connectivity index (χ2n) is 4.58. The Morgan fingerprint density at radius 2 is 2.10 bits per heavy atom. The van der Waals surface area contributed by atoms with Gasteiger partial charge in [-0.05, 0) is 48.2 Å². The first-order valence-corrected chi connectivity index (χ1v) is 7.49. The predicted molar refractivity (Wildman–Crippen MR) is 84.5 cm³/mol. The number of hydrogen-bond donors (Lipinski definition) is 1. The molecule has 1 aliphatic rings. The van der Waals surface area contributed by atoms with Crippen molar-refractivity contribution >= 4 is 46.6 Å². The molecule has 1 N–H and O–H groups in total. The number of benzene rings is 1. The number of amides is 3. The van der Waals surface area contributed by atoms with Crippen LogP contribution in [0.3, 0.4) is 0 Å². The van der Waals surface area contributed by atoms with E-state index in [2.05, 4.69) is 5.32 Å². The van der Waals surface area contributed by atoms with Crippen molar-refractivity contribution in [2.45, 2.75) is 6.92 Å². The van der Waals surface area contributed by atoms with E-state index in [9.17, 15) is 9.59 Å². The number of carbonyl (C=O) groups is 2. The lowest BCUT2D eigenvalue weighted by atomic mass is 10.2. The van der Waals surface area contributed by atoms with E-state index in [-0.39, 0.29) is 11.6 Å². The fourth-order valence-corrected chi connectivity index (χ4v) is 3.09. The SMILES string of the molecule is Cc1ccsc1/C=C1/NC(=O)N(c2cccc(Cl)c2)C1=O. The standard InChI is InChI=1S/C15H11ClN2O2S/c1-9-5-6-21-13(9)8-12-14(19)18(15(20)17-12)11-4-2-3-10(16)7-11/h2-8H,1H3,(H,17,20)/b12-8+. The van der Waals surface area contributed by atoms with Crippen molar-refractivity contribution in [3.8, 4) is 0 Å². The van der Waals surface area contributed by atoms with Crippen LogP contribution >= 0.6 is 22.9 Å². The van der Waals surface area contributed by atoms with Crippen molar-refractivity contribution in [3.63, 3.8) is 0 Å². The Labute approximate surface area is 130 Å². The van der Waals surface area contributed by atoms with Gasteiger partial charge in [-0.1, -0.05) is 17.7 Å². The molecule has 0 aliphatic carbocycles. The first-order valence-electron chi connectivity index (χ1n) is 6.23. The van der Waals surface area contributed by atoms with Gasteiger partial charge in [-0.25, -0.2) is 9.69 Å². The number of aryl methyl sites for hydroxylation is 1. The molecule has 0 radical (unpaired) electrons. The Kier molecular flexibility index (Phi) is 3.53. The minimum Gasteiger partial charge on any atom is -0.302 e. The summed E-state index contributed by atoms with van der Waals surface area (Å²) in [4.78, 5) is 26.5. The lowest BCUT2D eigenvalue weighted by molar-refractivity contribution is -0.113. The van der Waals surface area contributed by atoms with Gasteiger partial charge >= 0.3 is 6.03 Å². The fourth-order valence-electron chi connectivity index (χ4n) is 2.05. The van der Waals surface area contributed by atoms with Gasteiger partial charge in [-0.2, -0.15) is 0 Å². The maximum atomic E-state index is 12.4. The average Bonchev–Trinajstić information content (AvgIpc) is 2.95. The van der Waals surface area contributed by atoms with Crippen LogP contribution in [-0.2, 0) is 4.79 Å². The summed E-state index contributed by atoms with van der Waals surface area (Å²) in [5, 5.41) is 5.01. The van der Waals surface area contributed by atoms with Crippen LogP contribution in [0.2, 0.25) is 5.02 Å². The Morgan fingerprint density at radius 1 is 1.29 bits per heavy atom. The number of urea groups is 1. The molecule has 0 bridgehead atoms. The van der Waals surface area contributed by atoms with Gasteiger partial charge in [0.2, 0.25) is 0 Å². The number of carbonyl (C=O) groups excluding carboxylic acids is 2. The zero-order valence-electron chi connectivity index (χ0n) is 11.1. The van der Waals surface area contributed by atoms with Crippen molar-refractivity contribution in [1.82, 2.24) is 5.32 Å². The van der Waals surface area contributed by atoms with E-state index in [1.54, 1.807) is 30.3 Å². The van der Waals surface area contributed by atoms with E-state index >= 15 is 0 Å². The lowest BCUT2D eigenvalue weighted by Gasteiger charge is -2.11. The van der Waals surface area contributed by atoms with Gasteiger partial charge in [0.05, 0.1) is 5.69 Å². The molecule has 2 heterocycles. The zero-order valence-corrected chi connectivity index (χ0v) is 12.7. The summed E-state index contributed by atoms with van der Waals surface area (Å²) in [6.45, 7) is 1.96. The highest BCUT2D eigenvalue weighted by atomic mass is 35.5. The molecule has 0 spiro atoms. The summed E-state index contributed by atoms with van der Waals surface area (Å²) in [6, 6.07) is 8.13. The highest BCUT2D eigenvalue weighted by molar-refractivity contribution is 7.11. The summed E-state index contributed by atoms with van der Waals surface area (Å²) in [6.07, 6.45) is 1.70. The molecule has 1 fully saturated rings. The lowest BCUT2D eigenvalue weighted by Crippen LogP contribution is -2.30. The second-order valence-corrected chi connectivity index (χ2v) is 5.96. The number of halogens is 1. The number of rotatable bonds is 2. The Bertz CT molecular complexity index is 767. The van der Waals surface area contributed by atoms with Gasteiger partial charge in [0.1, 0.15) is 5.70 Å². The molecule has 1 aromatic heterocycles. The van der Waals surface area contributed by atoms with Crippen molar-refractivity contribution in [2.75, 3.05) is 4.90 Å². The van der Waals surface area contributed by atoms with Crippen LogP contribution in [0.25, 0.3) is 6.08 Å². The van der Waals surface area contributed by atoms with E-state index in [1.165, 1.54) is 11.3 Å². The van der Waals surface area contributed by atoms with E-state index in [4.69, 9.17) is 11.6 Å². The van der Waals surface area contributed by atoms with E-state index < -0.39 is 6.03 Å². The molecule has 0 unspecified atom stereocenters. The number of hydrogen-bond acceptors (Lipinski definition) is 3. The second kappa shape index (κ2) is 5.35. The molecule has 106 valence electrons. The smallest absolute Gasteiger partial charge is 0.302 e. The molecule has 3 rings (SSSR count). The first kappa shape index (κ1) is 13.9. The van der Waals surface area contributed by atoms with Crippen LogP contribution in [0.5, 0.6) is 0 Å². The van der Waals surface area contributed by atoms with E-state index in [1.807, 2.05) is 18.4 Å². The predicted octanol–water partition coefficient (Wildman–Crippen LogP) is 3.81. The van der Waals surface area contributed by atoms with Crippen LogP contribution < -0.4 is 10.2 Å². The third kappa shape index (κ3) is 2.57. The van der Waals surface area contributed by atoms with Gasteiger partial charge in [-0.15, -0.1) is 11.3 Å². The quantitative estimate of drug-likeness (QED) is 0.676. The molecule has 1 aromatic carbocycles. The van der Waals surface area contributed by atoms with Crippen molar-refractivity contribution < 1.29 is 9.59 Å². The average molecular weight is 319 g/mol. The van der Waals surface area contributed by atoms with Crippen LogP contribution in [0.1, 0.15) is 10.4 Å². The third-order valence-electron chi connectivity index (χ3n) is 3.12. The Morgan fingerprint density at radius 3 is 2.76 bits per heavy atom. The molecule has 1 saturated heterocycles. The van der Waals surface area contributed by atoms with Crippen molar-refractivity contribution in [1.29, 1.82) is 0 Å². The monoisotopic (exact) mass is 318 g/mol. The molecule has 1 aliphatic heterocycles. The molecular formula is C15H11ClN2O2S. The summed E-state index contributed by atoms with van der Waals surface area (Å²) in [7, 11) is 0. The molecule has 3 amide bonds. The topological polar surface area (TPSA) is 49.4 Å². The number of imide groups is 1. The maximum absolute atomic E-state index is 12.4. The van der Waals surface area contributed by atoms with Gasteiger partial charge in [-0.3, -0.25) is 4.79 Å². The van der Waals surface area contributed by atoms with Crippen molar-refractivity contribution in [3.05, 3.63) is 56.9 Å². The molecule has 21 heavy (non-hydrogen) atoms. The number of thiophene rings is 1. The zero-order chi connectivity index (χ0) is 15.0. The Balaban J connectivity index is 1.96.